The molecule has 0 saturated heterocycles. The molecule has 4 nitrogen and oxygen atoms in total. The van der Waals surface area contributed by atoms with Crippen LogP contribution in [0.2, 0.25) is 0 Å². The van der Waals surface area contributed by atoms with Crippen molar-refractivity contribution < 1.29 is 19.4 Å². The van der Waals surface area contributed by atoms with Crippen LogP contribution in [0.1, 0.15) is 36.5 Å². The molecule has 0 aliphatic heterocycles. The van der Waals surface area contributed by atoms with Crippen LogP contribution in [0, 0.1) is 0 Å². The van der Waals surface area contributed by atoms with Crippen LogP contribution in [0.25, 0.3) is 0 Å². The maximum atomic E-state index is 11.2. The van der Waals surface area contributed by atoms with Crippen molar-refractivity contribution in [2.45, 2.75) is 26.2 Å². The Kier molecular flexibility index (Phi) is 5.33. The molecule has 94 valence electrons. The van der Waals surface area contributed by atoms with Crippen LogP contribution < -0.4 is 4.74 Å². The second-order valence-corrected chi connectivity index (χ2v) is 3.73. The third-order valence-electron chi connectivity index (χ3n) is 2.39. The topological polar surface area (TPSA) is 55.8 Å². The lowest BCUT2D eigenvalue weighted by molar-refractivity contribution is 0.0597. The molecule has 0 atom stereocenters. The lowest BCUT2D eigenvalue weighted by Gasteiger charge is -2.08. The zero-order valence-corrected chi connectivity index (χ0v) is 10.2. The van der Waals surface area contributed by atoms with Crippen LogP contribution in [0.3, 0.4) is 0 Å². The monoisotopic (exact) mass is 238 g/mol. The number of esters is 1. The first kappa shape index (κ1) is 13.4. The molecule has 1 aromatic rings. The minimum Gasteiger partial charge on any atom is -0.507 e. The Hall–Kier alpha value is -1.71. The average Bonchev–Trinajstić information content (AvgIpc) is 2.34. The quantitative estimate of drug-likeness (QED) is 0.611. The Bertz CT molecular complexity index is 374. The molecule has 0 aliphatic carbocycles. The number of phenolic OH excluding ortho intramolecular Hbond substituents is 1. The average molecular weight is 238 g/mol. The fraction of sp³-hybridized carbons (Fsp3) is 0.462. The van der Waals surface area contributed by atoms with E-state index in [0.29, 0.717) is 12.4 Å². The minimum atomic E-state index is -0.556. The number of hydrogen-bond donors (Lipinski definition) is 1. The minimum absolute atomic E-state index is 0.121. The van der Waals surface area contributed by atoms with Crippen molar-refractivity contribution in [3.05, 3.63) is 23.8 Å². The molecule has 0 fully saturated rings. The predicted octanol–water partition coefficient (Wildman–Crippen LogP) is 2.75. The Morgan fingerprint density at radius 3 is 2.71 bits per heavy atom. The number of carbonyl (C=O) groups excluding carboxylic acids is 1. The van der Waals surface area contributed by atoms with Crippen molar-refractivity contribution in [3.63, 3.8) is 0 Å². The van der Waals surface area contributed by atoms with Gasteiger partial charge in [0.15, 0.2) is 0 Å². The Balaban J connectivity index is 2.59. The Morgan fingerprint density at radius 2 is 2.12 bits per heavy atom. The molecule has 0 bridgehead atoms. The fourth-order valence-corrected chi connectivity index (χ4v) is 1.43. The van der Waals surface area contributed by atoms with Gasteiger partial charge in [-0.2, -0.15) is 0 Å². The second kappa shape index (κ2) is 6.78. The number of ether oxygens (including phenoxy) is 2. The van der Waals surface area contributed by atoms with Gasteiger partial charge >= 0.3 is 5.97 Å². The second-order valence-electron chi connectivity index (χ2n) is 3.73. The van der Waals surface area contributed by atoms with Gasteiger partial charge in [0.2, 0.25) is 0 Å². The summed E-state index contributed by atoms with van der Waals surface area (Å²) in [7, 11) is 1.27. The van der Waals surface area contributed by atoms with Crippen LogP contribution in [0.5, 0.6) is 11.5 Å². The third kappa shape index (κ3) is 3.98. The van der Waals surface area contributed by atoms with Crippen LogP contribution >= 0.6 is 0 Å². The van der Waals surface area contributed by atoms with Crippen molar-refractivity contribution >= 4 is 5.97 Å². The lowest BCUT2D eigenvalue weighted by atomic mass is 10.2. The van der Waals surface area contributed by atoms with E-state index in [-0.39, 0.29) is 11.3 Å². The number of carbonyl (C=O) groups is 1. The predicted molar refractivity (Wildman–Crippen MR) is 64.5 cm³/mol. The number of hydrogen-bond acceptors (Lipinski definition) is 4. The van der Waals surface area contributed by atoms with Crippen molar-refractivity contribution in [1.82, 2.24) is 0 Å². The molecule has 0 aromatic heterocycles. The van der Waals surface area contributed by atoms with E-state index in [1.807, 2.05) is 0 Å². The Morgan fingerprint density at radius 1 is 1.35 bits per heavy atom. The molecule has 0 heterocycles. The molecule has 0 spiro atoms. The highest BCUT2D eigenvalue weighted by Gasteiger charge is 2.11. The van der Waals surface area contributed by atoms with Gasteiger partial charge in [0, 0.05) is 6.07 Å². The summed E-state index contributed by atoms with van der Waals surface area (Å²) in [5.74, 6) is -0.115. The van der Waals surface area contributed by atoms with Crippen molar-refractivity contribution in [2.75, 3.05) is 13.7 Å². The Labute approximate surface area is 101 Å². The van der Waals surface area contributed by atoms with Gasteiger partial charge in [-0.1, -0.05) is 19.8 Å². The van der Waals surface area contributed by atoms with Crippen LogP contribution in [0.15, 0.2) is 18.2 Å². The molecule has 17 heavy (non-hydrogen) atoms. The van der Waals surface area contributed by atoms with Crippen molar-refractivity contribution in [3.8, 4) is 11.5 Å². The summed E-state index contributed by atoms with van der Waals surface area (Å²) in [5.41, 5.74) is 0.147. The number of methoxy groups -OCH3 is 1. The molecule has 0 unspecified atom stereocenters. The first-order chi connectivity index (χ1) is 8.19. The highest BCUT2D eigenvalue weighted by molar-refractivity contribution is 5.92. The normalized spacial score (nSPS) is 10.0. The van der Waals surface area contributed by atoms with Gasteiger partial charge in [0.1, 0.15) is 17.1 Å². The molecular weight excluding hydrogens is 220 g/mol. The summed E-state index contributed by atoms with van der Waals surface area (Å²) >= 11 is 0. The van der Waals surface area contributed by atoms with Crippen molar-refractivity contribution in [2.24, 2.45) is 0 Å². The highest BCUT2D eigenvalue weighted by atomic mass is 16.5. The largest absolute Gasteiger partial charge is 0.507 e. The SMILES string of the molecule is CCCCCOc1ccc(C(=O)OC)c(O)c1. The van der Waals surface area contributed by atoms with E-state index in [4.69, 9.17) is 4.74 Å². The zero-order chi connectivity index (χ0) is 12.7. The van der Waals surface area contributed by atoms with Gasteiger partial charge in [0.05, 0.1) is 13.7 Å². The molecule has 4 heteroatoms. The van der Waals surface area contributed by atoms with E-state index in [0.717, 1.165) is 19.3 Å². The van der Waals surface area contributed by atoms with E-state index in [1.165, 1.54) is 19.2 Å². The van der Waals surface area contributed by atoms with Gasteiger partial charge < -0.3 is 14.6 Å². The van der Waals surface area contributed by atoms with E-state index >= 15 is 0 Å². The molecule has 1 rings (SSSR count). The van der Waals surface area contributed by atoms with Gasteiger partial charge in [-0.05, 0) is 18.6 Å². The molecule has 0 radical (unpaired) electrons. The summed E-state index contributed by atoms with van der Waals surface area (Å²) in [4.78, 5) is 11.2. The first-order valence-electron chi connectivity index (χ1n) is 5.73. The highest BCUT2D eigenvalue weighted by Crippen LogP contribution is 2.24. The van der Waals surface area contributed by atoms with E-state index in [9.17, 15) is 9.90 Å². The lowest BCUT2D eigenvalue weighted by Crippen LogP contribution is -2.02. The molecule has 1 aromatic carbocycles. The number of phenols is 1. The standard InChI is InChI=1S/C13H18O4/c1-3-4-5-8-17-10-6-7-11(12(14)9-10)13(15)16-2/h6-7,9,14H,3-5,8H2,1-2H3. The molecule has 1 N–H and O–H groups in total. The summed E-state index contributed by atoms with van der Waals surface area (Å²) in [6.07, 6.45) is 3.23. The smallest absolute Gasteiger partial charge is 0.341 e. The molecular formula is C13H18O4. The molecule has 0 saturated carbocycles. The van der Waals surface area contributed by atoms with E-state index in [1.54, 1.807) is 6.07 Å². The van der Waals surface area contributed by atoms with Crippen LogP contribution in [-0.2, 0) is 4.74 Å². The van der Waals surface area contributed by atoms with Crippen LogP contribution in [0.4, 0.5) is 0 Å². The van der Waals surface area contributed by atoms with Crippen molar-refractivity contribution in [1.29, 1.82) is 0 Å². The van der Waals surface area contributed by atoms with E-state index < -0.39 is 5.97 Å². The summed E-state index contributed by atoms with van der Waals surface area (Å²) in [6.45, 7) is 2.74. The van der Waals surface area contributed by atoms with Gasteiger partial charge in [0.25, 0.3) is 0 Å². The maximum Gasteiger partial charge on any atom is 0.341 e. The van der Waals surface area contributed by atoms with Gasteiger partial charge in [-0.3, -0.25) is 0 Å². The van der Waals surface area contributed by atoms with E-state index in [2.05, 4.69) is 11.7 Å². The molecule has 0 aliphatic rings. The first-order valence-corrected chi connectivity index (χ1v) is 5.73. The summed E-state index contributed by atoms with van der Waals surface area (Å²) in [6, 6.07) is 4.58. The summed E-state index contributed by atoms with van der Waals surface area (Å²) < 4.78 is 9.98. The number of aromatic hydroxyl groups is 1. The fourth-order valence-electron chi connectivity index (χ4n) is 1.43. The van der Waals surface area contributed by atoms with Gasteiger partial charge in [-0.25, -0.2) is 4.79 Å². The third-order valence-corrected chi connectivity index (χ3v) is 2.39. The number of unbranched alkanes of at least 4 members (excludes halogenated alkanes) is 2. The maximum absolute atomic E-state index is 11.2. The summed E-state index contributed by atoms with van der Waals surface area (Å²) in [5, 5.41) is 9.61. The number of benzene rings is 1. The zero-order valence-electron chi connectivity index (χ0n) is 10.2. The number of rotatable bonds is 6. The van der Waals surface area contributed by atoms with Crippen LogP contribution in [-0.4, -0.2) is 24.8 Å². The molecule has 0 amide bonds. The van der Waals surface area contributed by atoms with Gasteiger partial charge in [-0.15, -0.1) is 0 Å².